The van der Waals surface area contributed by atoms with Gasteiger partial charge in [-0.25, -0.2) is 0 Å². The van der Waals surface area contributed by atoms with Crippen LogP contribution in [-0.4, -0.2) is 37.1 Å². The van der Waals surface area contributed by atoms with Gasteiger partial charge in [0, 0.05) is 25.7 Å². The van der Waals surface area contributed by atoms with Crippen molar-refractivity contribution in [2.24, 2.45) is 5.92 Å². The summed E-state index contributed by atoms with van der Waals surface area (Å²) < 4.78 is 0. The normalized spacial score (nSPS) is 11.4. The third-order valence-electron chi connectivity index (χ3n) is 2.86. The Balaban J connectivity index is 4.04. The number of nitrogens with one attached hydrogen (secondary N) is 1. The molecular formula is C14H28N2. The molecular weight excluding hydrogens is 196 g/mol. The van der Waals surface area contributed by atoms with Gasteiger partial charge in [-0.1, -0.05) is 33.6 Å². The van der Waals surface area contributed by atoms with Crippen LogP contribution in [-0.2, 0) is 0 Å². The number of nitrogens with zero attached hydrogens (tertiary/aromatic N) is 1. The molecule has 0 aliphatic rings. The Hall–Kier alpha value is -0.520. The molecule has 0 aliphatic carbocycles. The fourth-order valence-electron chi connectivity index (χ4n) is 2.08. The molecule has 16 heavy (non-hydrogen) atoms. The Morgan fingerprint density at radius 2 is 1.88 bits per heavy atom. The standard InChI is InChI=1S/C14H28N2/c1-6-9-15-10-11-16(12-13(4)5)14(7-2)8-3/h1,13-15H,7-12H2,2-5H3. The molecule has 0 saturated carbocycles. The first-order chi connectivity index (χ1) is 7.65. The van der Waals surface area contributed by atoms with Gasteiger partial charge in [-0.2, -0.15) is 0 Å². The van der Waals surface area contributed by atoms with Crippen LogP contribution in [0.25, 0.3) is 0 Å². The number of hydrogen-bond donors (Lipinski definition) is 1. The zero-order valence-electron chi connectivity index (χ0n) is 11.4. The van der Waals surface area contributed by atoms with Crippen molar-refractivity contribution in [3.63, 3.8) is 0 Å². The summed E-state index contributed by atoms with van der Waals surface area (Å²) in [7, 11) is 0. The largest absolute Gasteiger partial charge is 0.305 e. The summed E-state index contributed by atoms with van der Waals surface area (Å²) in [6.07, 6.45) is 7.68. The van der Waals surface area contributed by atoms with Gasteiger partial charge in [0.1, 0.15) is 0 Å². The summed E-state index contributed by atoms with van der Waals surface area (Å²) in [6, 6.07) is 0.718. The molecule has 0 radical (unpaired) electrons. The van der Waals surface area contributed by atoms with Crippen molar-refractivity contribution in [1.29, 1.82) is 0 Å². The summed E-state index contributed by atoms with van der Waals surface area (Å²) >= 11 is 0. The summed E-state index contributed by atoms with van der Waals surface area (Å²) in [5, 5.41) is 3.26. The second-order valence-electron chi connectivity index (χ2n) is 4.74. The van der Waals surface area contributed by atoms with Crippen LogP contribution < -0.4 is 5.32 Å². The molecule has 0 atom stereocenters. The third-order valence-corrected chi connectivity index (χ3v) is 2.86. The van der Waals surface area contributed by atoms with E-state index in [1.807, 2.05) is 0 Å². The van der Waals surface area contributed by atoms with E-state index in [-0.39, 0.29) is 0 Å². The average Bonchev–Trinajstić information content (AvgIpc) is 2.25. The molecule has 2 heteroatoms. The molecule has 94 valence electrons. The topological polar surface area (TPSA) is 15.3 Å². The van der Waals surface area contributed by atoms with Crippen molar-refractivity contribution in [3.05, 3.63) is 0 Å². The lowest BCUT2D eigenvalue weighted by atomic mass is 10.1. The maximum absolute atomic E-state index is 5.21. The van der Waals surface area contributed by atoms with Crippen molar-refractivity contribution >= 4 is 0 Å². The first kappa shape index (κ1) is 15.5. The SMILES string of the molecule is C#CCNCCN(CC(C)C)C(CC)CC. The van der Waals surface area contributed by atoms with E-state index in [2.05, 4.69) is 43.8 Å². The van der Waals surface area contributed by atoms with E-state index in [1.165, 1.54) is 19.4 Å². The maximum Gasteiger partial charge on any atom is 0.0574 e. The maximum atomic E-state index is 5.21. The number of terminal acetylenes is 1. The second kappa shape index (κ2) is 9.69. The smallest absolute Gasteiger partial charge is 0.0574 e. The van der Waals surface area contributed by atoms with Crippen molar-refractivity contribution in [2.45, 2.75) is 46.6 Å². The van der Waals surface area contributed by atoms with Crippen molar-refractivity contribution in [1.82, 2.24) is 10.2 Å². The van der Waals surface area contributed by atoms with E-state index in [4.69, 9.17) is 6.42 Å². The monoisotopic (exact) mass is 224 g/mol. The van der Waals surface area contributed by atoms with Crippen molar-refractivity contribution in [2.75, 3.05) is 26.2 Å². The minimum atomic E-state index is 0.679. The molecule has 0 amide bonds. The lowest BCUT2D eigenvalue weighted by Gasteiger charge is -2.31. The summed E-state index contributed by atoms with van der Waals surface area (Å²) in [5.74, 6) is 3.34. The highest BCUT2D eigenvalue weighted by Gasteiger charge is 2.15. The average molecular weight is 224 g/mol. The van der Waals surface area contributed by atoms with Crippen molar-refractivity contribution in [3.8, 4) is 12.3 Å². The first-order valence-corrected chi connectivity index (χ1v) is 6.53. The Morgan fingerprint density at radius 1 is 1.25 bits per heavy atom. The quantitative estimate of drug-likeness (QED) is 0.478. The second-order valence-corrected chi connectivity index (χ2v) is 4.74. The molecule has 0 aromatic rings. The van der Waals surface area contributed by atoms with E-state index < -0.39 is 0 Å². The minimum Gasteiger partial charge on any atom is -0.305 e. The first-order valence-electron chi connectivity index (χ1n) is 6.53. The molecule has 2 nitrogen and oxygen atoms in total. The third kappa shape index (κ3) is 6.87. The number of rotatable bonds is 9. The molecule has 0 aromatic carbocycles. The van der Waals surface area contributed by atoms with E-state index >= 15 is 0 Å². The highest BCUT2D eigenvalue weighted by Crippen LogP contribution is 2.10. The van der Waals surface area contributed by atoms with Gasteiger partial charge < -0.3 is 5.32 Å². The molecule has 0 unspecified atom stereocenters. The minimum absolute atomic E-state index is 0.679. The lowest BCUT2D eigenvalue weighted by Crippen LogP contribution is -2.41. The highest BCUT2D eigenvalue weighted by molar-refractivity contribution is 4.86. The molecule has 0 aromatic heterocycles. The van der Waals surface area contributed by atoms with Crippen LogP contribution >= 0.6 is 0 Å². The van der Waals surface area contributed by atoms with Gasteiger partial charge in [-0.05, 0) is 18.8 Å². The molecule has 0 rings (SSSR count). The fourth-order valence-corrected chi connectivity index (χ4v) is 2.08. The Bertz CT molecular complexity index is 189. The summed E-state index contributed by atoms with van der Waals surface area (Å²) in [4.78, 5) is 2.59. The predicted octanol–water partition coefficient (Wildman–Crippen LogP) is 2.36. The van der Waals surface area contributed by atoms with Gasteiger partial charge >= 0.3 is 0 Å². The lowest BCUT2D eigenvalue weighted by molar-refractivity contribution is 0.167. The van der Waals surface area contributed by atoms with Crippen LogP contribution in [0.5, 0.6) is 0 Å². The number of hydrogen-bond acceptors (Lipinski definition) is 2. The van der Waals surface area contributed by atoms with Crippen LogP contribution in [0.15, 0.2) is 0 Å². The van der Waals surface area contributed by atoms with E-state index in [0.717, 1.165) is 25.0 Å². The molecule has 0 heterocycles. The van der Waals surface area contributed by atoms with Gasteiger partial charge in [0.15, 0.2) is 0 Å². The fraction of sp³-hybridized carbons (Fsp3) is 0.857. The van der Waals surface area contributed by atoms with Gasteiger partial charge in [0.25, 0.3) is 0 Å². The zero-order valence-corrected chi connectivity index (χ0v) is 11.4. The summed E-state index contributed by atoms with van der Waals surface area (Å²) in [5.41, 5.74) is 0. The van der Waals surface area contributed by atoms with Gasteiger partial charge in [0.05, 0.1) is 6.54 Å². The Morgan fingerprint density at radius 3 is 2.31 bits per heavy atom. The molecule has 1 N–H and O–H groups in total. The predicted molar refractivity (Wildman–Crippen MR) is 72.5 cm³/mol. The molecule has 0 spiro atoms. The molecule has 0 fully saturated rings. The Kier molecular flexibility index (Phi) is 9.37. The van der Waals surface area contributed by atoms with E-state index in [9.17, 15) is 0 Å². The van der Waals surface area contributed by atoms with Crippen LogP contribution in [0, 0.1) is 18.3 Å². The van der Waals surface area contributed by atoms with Crippen LogP contribution in [0.1, 0.15) is 40.5 Å². The van der Waals surface area contributed by atoms with Crippen molar-refractivity contribution < 1.29 is 0 Å². The van der Waals surface area contributed by atoms with Crippen LogP contribution in [0.3, 0.4) is 0 Å². The van der Waals surface area contributed by atoms with E-state index in [0.29, 0.717) is 6.54 Å². The molecule has 0 bridgehead atoms. The van der Waals surface area contributed by atoms with Gasteiger partial charge in [0.2, 0.25) is 0 Å². The van der Waals surface area contributed by atoms with E-state index in [1.54, 1.807) is 0 Å². The molecule has 0 saturated heterocycles. The van der Waals surface area contributed by atoms with Crippen LogP contribution in [0.2, 0.25) is 0 Å². The van der Waals surface area contributed by atoms with Crippen LogP contribution in [0.4, 0.5) is 0 Å². The highest BCUT2D eigenvalue weighted by atomic mass is 15.2. The zero-order chi connectivity index (χ0) is 12.4. The summed E-state index contributed by atoms with van der Waals surface area (Å²) in [6.45, 7) is 13.1. The molecule has 0 aliphatic heterocycles. The van der Waals surface area contributed by atoms with Gasteiger partial charge in [-0.3, -0.25) is 4.90 Å². The van der Waals surface area contributed by atoms with Gasteiger partial charge in [-0.15, -0.1) is 6.42 Å². The Labute approximate surface area is 102 Å².